The summed E-state index contributed by atoms with van der Waals surface area (Å²) in [6.07, 6.45) is 2.51. The number of phenols is 1. The quantitative estimate of drug-likeness (QED) is 0.707. The van der Waals surface area contributed by atoms with Gasteiger partial charge in [0, 0.05) is 29.9 Å². The van der Waals surface area contributed by atoms with Crippen LogP contribution in [0.25, 0.3) is 21.7 Å². The van der Waals surface area contributed by atoms with Crippen LogP contribution in [0.1, 0.15) is 12.8 Å². The van der Waals surface area contributed by atoms with E-state index in [0.29, 0.717) is 5.56 Å². The van der Waals surface area contributed by atoms with Gasteiger partial charge in [-0.2, -0.15) is 4.37 Å². The Balaban J connectivity index is 1.61. The third-order valence-electron chi connectivity index (χ3n) is 4.68. The molecule has 0 radical (unpaired) electrons. The van der Waals surface area contributed by atoms with Gasteiger partial charge in [0.15, 0.2) is 17.3 Å². The molecule has 0 bridgehead atoms. The Morgan fingerprint density at radius 3 is 2.50 bits per heavy atom. The number of aromatic hydroxyl groups is 1. The van der Waals surface area contributed by atoms with E-state index in [4.69, 9.17) is 4.74 Å². The molecule has 0 spiro atoms. The molecule has 0 saturated carbocycles. The zero-order valence-electron chi connectivity index (χ0n) is 14.4. The molecular weight excluding hydrogens is 351 g/mol. The highest BCUT2D eigenvalue weighted by atomic mass is 32.1. The van der Waals surface area contributed by atoms with E-state index in [2.05, 4.69) is 33.5 Å². The van der Waals surface area contributed by atoms with Crippen LogP contribution in [0.2, 0.25) is 0 Å². The smallest absolute Gasteiger partial charge is 0.194 e. The van der Waals surface area contributed by atoms with Crippen molar-refractivity contribution in [2.24, 2.45) is 0 Å². The zero-order valence-corrected chi connectivity index (χ0v) is 15.2. The number of halogens is 1. The Kier molecular flexibility index (Phi) is 4.51. The van der Waals surface area contributed by atoms with Gasteiger partial charge in [-0.3, -0.25) is 0 Å². The minimum atomic E-state index is -0.704. The van der Waals surface area contributed by atoms with E-state index in [1.165, 1.54) is 43.2 Å². The lowest BCUT2D eigenvalue weighted by Gasteiger charge is -2.17. The number of phenolic OH excluding ortho intramolecular Hbond substituents is 1. The van der Waals surface area contributed by atoms with Crippen LogP contribution in [0.4, 0.5) is 10.1 Å². The largest absolute Gasteiger partial charge is 0.502 e. The number of rotatable bonds is 4. The van der Waals surface area contributed by atoms with E-state index in [0.717, 1.165) is 29.2 Å². The van der Waals surface area contributed by atoms with Crippen molar-refractivity contribution in [1.82, 2.24) is 4.37 Å². The molecule has 1 fully saturated rings. The first kappa shape index (κ1) is 16.8. The molecule has 1 aromatic heterocycles. The Hall–Kier alpha value is -2.60. The second-order valence-electron chi connectivity index (χ2n) is 6.33. The summed E-state index contributed by atoms with van der Waals surface area (Å²) < 4.78 is 23.4. The molecule has 1 saturated heterocycles. The van der Waals surface area contributed by atoms with E-state index >= 15 is 0 Å². The third-order valence-corrected chi connectivity index (χ3v) is 5.52. The first-order valence-corrected chi connectivity index (χ1v) is 9.32. The van der Waals surface area contributed by atoms with Crippen molar-refractivity contribution in [2.45, 2.75) is 12.8 Å². The Bertz CT molecular complexity index is 918. The van der Waals surface area contributed by atoms with Crippen LogP contribution in [0.15, 0.2) is 42.5 Å². The average Bonchev–Trinajstić information content (AvgIpc) is 3.36. The molecule has 0 amide bonds. The molecular formula is C20H19FN2O2S. The van der Waals surface area contributed by atoms with Crippen LogP contribution in [-0.2, 0) is 0 Å². The normalized spacial score (nSPS) is 14.0. The average molecular weight is 370 g/mol. The van der Waals surface area contributed by atoms with Crippen LogP contribution in [-0.4, -0.2) is 29.7 Å². The van der Waals surface area contributed by atoms with Gasteiger partial charge in [0.2, 0.25) is 0 Å². The summed E-state index contributed by atoms with van der Waals surface area (Å²) in [5, 5.41) is 9.65. The standard InChI is InChI=1S/C20H19FN2O2S/c1-25-18-11-14(10-16(21)20(18)24)19-12-17(22-26-19)13-4-6-15(7-5-13)23-8-2-3-9-23/h4-7,10-12,24H,2-3,8-9H2,1H3. The molecule has 1 aliphatic rings. The fourth-order valence-electron chi connectivity index (χ4n) is 3.24. The third kappa shape index (κ3) is 3.12. The van der Waals surface area contributed by atoms with Gasteiger partial charge in [0.25, 0.3) is 0 Å². The Labute approximate surface area is 155 Å². The van der Waals surface area contributed by atoms with E-state index < -0.39 is 11.6 Å². The number of ether oxygens (including phenoxy) is 1. The molecule has 0 atom stereocenters. The lowest BCUT2D eigenvalue weighted by molar-refractivity contribution is 0.357. The summed E-state index contributed by atoms with van der Waals surface area (Å²) in [6, 6.07) is 13.2. The molecule has 2 aromatic carbocycles. The maximum atomic E-state index is 13.9. The monoisotopic (exact) mass is 370 g/mol. The number of benzene rings is 2. The van der Waals surface area contributed by atoms with Crippen LogP contribution in [0, 0.1) is 5.82 Å². The summed E-state index contributed by atoms with van der Waals surface area (Å²) in [7, 11) is 1.40. The highest BCUT2D eigenvalue weighted by molar-refractivity contribution is 7.09. The van der Waals surface area contributed by atoms with Gasteiger partial charge in [-0.05, 0) is 54.7 Å². The summed E-state index contributed by atoms with van der Waals surface area (Å²) in [6.45, 7) is 2.24. The summed E-state index contributed by atoms with van der Waals surface area (Å²) in [5.41, 5.74) is 3.76. The predicted octanol–water partition coefficient (Wildman–Crippen LogP) is 4.93. The Morgan fingerprint density at radius 1 is 1.08 bits per heavy atom. The van der Waals surface area contributed by atoms with Crippen molar-refractivity contribution in [1.29, 1.82) is 0 Å². The fourth-order valence-corrected chi connectivity index (χ4v) is 3.98. The van der Waals surface area contributed by atoms with Crippen LogP contribution in [0.3, 0.4) is 0 Å². The second-order valence-corrected chi connectivity index (χ2v) is 7.13. The molecule has 3 aromatic rings. The molecule has 0 unspecified atom stereocenters. The fraction of sp³-hybridized carbons (Fsp3) is 0.250. The summed E-state index contributed by atoms with van der Waals surface area (Å²) in [4.78, 5) is 3.21. The summed E-state index contributed by atoms with van der Waals surface area (Å²) in [5.74, 6) is -1.06. The van der Waals surface area contributed by atoms with Gasteiger partial charge < -0.3 is 14.7 Å². The lowest BCUT2D eigenvalue weighted by Crippen LogP contribution is -2.17. The van der Waals surface area contributed by atoms with Crippen molar-refractivity contribution < 1.29 is 14.2 Å². The van der Waals surface area contributed by atoms with E-state index in [9.17, 15) is 9.50 Å². The van der Waals surface area contributed by atoms with E-state index in [1.54, 1.807) is 6.07 Å². The molecule has 4 nitrogen and oxygen atoms in total. The molecule has 1 aliphatic heterocycles. The molecule has 0 aliphatic carbocycles. The van der Waals surface area contributed by atoms with Crippen LogP contribution < -0.4 is 9.64 Å². The molecule has 134 valence electrons. The molecule has 6 heteroatoms. The molecule has 26 heavy (non-hydrogen) atoms. The SMILES string of the molecule is COc1cc(-c2cc(-c3ccc(N4CCCC4)cc3)ns2)cc(F)c1O. The first-order chi connectivity index (χ1) is 12.7. The number of anilines is 1. The number of methoxy groups -OCH3 is 1. The van der Waals surface area contributed by atoms with Crippen molar-refractivity contribution in [3.05, 3.63) is 48.3 Å². The lowest BCUT2D eigenvalue weighted by atomic mass is 10.1. The first-order valence-electron chi connectivity index (χ1n) is 8.54. The zero-order chi connectivity index (χ0) is 18.1. The molecule has 1 N–H and O–H groups in total. The van der Waals surface area contributed by atoms with Crippen molar-refractivity contribution in [2.75, 3.05) is 25.1 Å². The number of hydrogen-bond acceptors (Lipinski definition) is 5. The Morgan fingerprint density at radius 2 is 1.81 bits per heavy atom. The maximum absolute atomic E-state index is 13.9. The second kappa shape index (κ2) is 6.96. The van der Waals surface area contributed by atoms with E-state index in [1.807, 2.05) is 6.07 Å². The molecule has 2 heterocycles. The topological polar surface area (TPSA) is 45.6 Å². The van der Waals surface area contributed by atoms with Gasteiger partial charge in [-0.1, -0.05) is 12.1 Å². The van der Waals surface area contributed by atoms with Gasteiger partial charge in [-0.25, -0.2) is 4.39 Å². The highest BCUT2D eigenvalue weighted by Crippen LogP contribution is 2.37. The summed E-state index contributed by atoms with van der Waals surface area (Å²) >= 11 is 1.30. The van der Waals surface area contributed by atoms with Crippen molar-refractivity contribution >= 4 is 17.2 Å². The van der Waals surface area contributed by atoms with Crippen molar-refractivity contribution in [3.8, 4) is 33.2 Å². The predicted molar refractivity (Wildman–Crippen MR) is 103 cm³/mol. The minimum Gasteiger partial charge on any atom is -0.502 e. The van der Waals surface area contributed by atoms with Crippen LogP contribution >= 0.6 is 11.5 Å². The van der Waals surface area contributed by atoms with Gasteiger partial charge in [-0.15, -0.1) is 0 Å². The number of hydrogen-bond donors (Lipinski definition) is 1. The van der Waals surface area contributed by atoms with E-state index in [-0.39, 0.29) is 5.75 Å². The minimum absolute atomic E-state index is 0.116. The maximum Gasteiger partial charge on any atom is 0.194 e. The molecule has 4 rings (SSSR count). The van der Waals surface area contributed by atoms with Gasteiger partial charge >= 0.3 is 0 Å². The van der Waals surface area contributed by atoms with Crippen LogP contribution in [0.5, 0.6) is 11.5 Å². The van der Waals surface area contributed by atoms with Gasteiger partial charge in [0.1, 0.15) is 0 Å². The number of aromatic nitrogens is 1. The van der Waals surface area contributed by atoms with Crippen molar-refractivity contribution in [3.63, 3.8) is 0 Å². The van der Waals surface area contributed by atoms with Gasteiger partial charge in [0.05, 0.1) is 17.7 Å². The highest BCUT2D eigenvalue weighted by Gasteiger charge is 2.15. The number of nitrogens with zero attached hydrogens (tertiary/aromatic N) is 2.